The third-order valence-corrected chi connectivity index (χ3v) is 2.19. The molecule has 0 aromatic carbocycles. The molecule has 11 heavy (non-hydrogen) atoms. The van der Waals surface area contributed by atoms with Crippen molar-refractivity contribution in [3.63, 3.8) is 0 Å². The van der Waals surface area contributed by atoms with E-state index >= 15 is 0 Å². The molecular weight excluding hydrogens is 321 g/mol. The SMILES string of the molecule is Brc1cnc2cc(I)nn2c1. The van der Waals surface area contributed by atoms with E-state index in [-0.39, 0.29) is 0 Å². The van der Waals surface area contributed by atoms with Gasteiger partial charge in [0.15, 0.2) is 5.65 Å². The number of hydrogen-bond acceptors (Lipinski definition) is 2. The van der Waals surface area contributed by atoms with Gasteiger partial charge in [0.1, 0.15) is 3.70 Å². The standard InChI is InChI=1S/C6H3BrIN3/c7-4-2-9-6-1-5(8)10-11(6)3-4/h1-3H. The monoisotopic (exact) mass is 323 g/mol. The lowest BCUT2D eigenvalue weighted by molar-refractivity contribution is 0.920. The minimum atomic E-state index is 0.873. The highest BCUT2D eigenvalue weighted by Crippen LogP contribution is 2.10. The first-order valence-corrected chi connectivity index (χ1v) is 4.79. The molecule has 3 nitrogen and oxygen atoms in total. The molecule has 0 saturated heterocycles. The van der Waals surface area contributed by atoms with Crippen LogP contribution in [0.4, 0.5) is 0 Å². The topological polar surface area (TPSA) is 30.2 Å². The van der Waals surface area contributed by atoms with Gasteiger partial charge in [-0.1, -0.05) is 0 Å². The molecule has 0 aliphatic heterocycles. The van der Waals surface area contributed by atoms with Gasteiger partial charge < -0.3 is 0 Å². The van der Waals surface area contributed by atoms with E-state index in [1.54, 1.807) is 10.7 Å². The lowest BCUT2D eigenvalue weighted by Crippen LogP contribution is -1.88. The zero-order valence-corrected chi connectivity index (χ0v) is 9.07. The van der Waals surface area contributed by atoms with Crippen molar-refractivity contribution in [3.8, 4) is 0 Å². The van der Waals surface area contributed by atoms with Crippen molar-refractivity contribution in [3.05, 3.63) is 26.6 Å². The van der Waals surface area contributed by atoms with E-state index in [1.165, 1.54) is 0 Å². The number of aromatic nitrogens is 3. The van der Waals surface area contributed by atoms with Crippen LogP contribution in [0.1, 0.15) is 0 Å². The van der Waals surface area contributed by atoms with Gasteiger partial charge in [0, 0.05) is 18.5 Å². The van der Waals surface area contributed by atoms with E-state index in [0.29, 0.717) is 0 Å². The normalized spacial score (nSPS) is 10.7. The summed E-state index contributed by atoms with van der Waals surface area (Å²) in [4.78, 5) is 4.15. The van der Waals surface area contributed by atoms with Crippen molar-refractivity contribution in [2.24, 2.45) is 0 Å². The van der Waals surface area contributed by atoms with Crippen LogP contribution in [-0.4, -0.2) is 14.6 Å². The number of hydrogen-bond donors (Lipinski definition) is 0. The van der Waals surface area contributed by atoms with Crippen LogP contribution in [0.3, 0.4) is 0 Å². The fourth-order valence-electron chi connectivity index (χ4n) is 0.825. The molecule has 56 valence electrons. The molecule has 5 heteroatoms. The second-order valence-corrected chi connectivity index (χ2v) is 4.06. The Kier molecular flexibility index (Phi) is 1.84. The number of halogens is 2. The Morgan fingerprint density at radius 3 is 3.18 bits per heavy atom. The van der Waals surface area contributed by atoms with Gasteiger partial charge in [-0.25, -0.2) is 9.50 Å². The van der Waals surface area contributed by atoms with E-state index in [4.69, 9.17) is 0 Å². The molecule has 0 aliphatic carbocycles. The van der Waals surface area contributed by atoms with E-state index in [0.717, 1.165) is 13.8 Å². The highest BCUT2D eigenvalue weighted by molar-refractivity contribution is 14.1. The molecule has 0 unspecified atom stereocenters. The van der Waals surface area contributed by atoms with Crippen LogP contribution >= 0.6 is 38.5 Å². The van der Waals surface area contributed by atoms with Gasteiger partial charge in [0.05, 0.1) is 4.47 Å². The van der Waals surface area contributed by atoms with Crippen LogP contribution in [0.5, 0.6) is 0 Å². The van der Waals surface area contributed by atoms with Gasteiger partial charge in [0.2, 0.25) is 0 Å². The largest absolute Gasteiger partial charge is 0.236 e. The van der Waals surface area contributed by atoms with Gasteiger partial charge in [-0.3, -0.25) is 0 Å². The number of nitrogens with zero attached hydrogens (tertiary/aromatic N) is 3. The molecule has 2 aromatic rings. The molecule has 0 fully saturated rings. The van der Waals surface area contributed by atoms with Crippen LogP contribution in [0.2, 0.25) is 0 Å². The Morgan fingerprint density at radius 1 is 1.55 bits per heavy atom. The van der Waals surface area contributed by atoms with Crippen LogP contribution in [0.15, 0.2) is 22.9 Å². The van der Waals surface area contributed by atoms with E-state index in [2.05, 4.69) is 48.6 Å². The maximum Gasteiger partial charge on any atom is 0.156 e. The van der Waals surface area contributed by atoms with Crippen molar-refractivity contribution in [1.82, 2.24) is 14.6 Å². The Balaban J connectivity index is 2.82. The molecule has 0 spiro atoms. The summed E-state index contributed by atoms with van der Waals surface area (Å²) in [5, 5.41) is 4.18. The van der Waals surface area contributed by atoms with E-state index in [1.807, 2.05) is 12.3 Å². The maximum absolute atomic E-state index is 4.18. The van der Waals surface area contributed by atoms with Crippen molar-refractivity contribution >= 4 is 44.2 Å². The smallest absolute Gasteiger partial charge is 0.156 e. The second kappa shape index (κ2) is 2.71. The highest BCUT2D eigenvalue weighted by Gasteiger charge is 1.98. The van der Waals surface area contributed by atoms with E-state index < -0.39 is 0 Å². The van der Waals surface area contributed by atoms with Crippen molar-refractivity contribution < 1.29 is 0 Å². The van der Waals surface area contributed by atoms with Crippen LogP contribution in [0, 0.1) is 3.70 Å². The quantitative estimate of drug-likeness (QED) is 0.695. The first kappa shape index (κ1) is 7.48. The molecule has 0 aliphatic rings. The third kappa shape index (κ3) is 1.39. The Labute approximate surface area is 85.1 Å². The van der Waals surface area contributed by atoms with Gasteiger partial charge >= 0.3 is 0 Å². The summed E-state index contributed by atoms with van der Waals surface area (Å²) >= 11 is 5.47. The van der Waals surface area contributed by atoms with Gasteiger partial charge in [-0.05, 0) is 38.5 Å². The molecular formula is C6H3BrIN3. The summed E-state index contributed by atoms with van der Waals surface area (Å²) in [6.07, 6.45) is 3.64. The number of rotatable bonds is 0. The summed E-state index contributed by atoms with van der Waals surface area (Å²) in [6, 6.07) is 1.92. The molecule has 2 aromatic heterocycles. The maximum atomic E-state index is 4.18. The van der Waals surface area contributed by atoms with Crippen molar-refractivity contribution in [2.75, 3.05) is 0 Å². The molecule has 0 bridgehead atoms. The molecule has 0 saturated carbocycles. The van der Waals surface area contributed by atoms with Crippen LogP contribution in [0.25, 0.3) is 5.65 Å². The zero-order valence-electron chi connectivity index (χ0n) is 5.33. The average Bonchev–Trinajstić information content (AvgIpc) is 2.27. The summed E-state index contributed by atoms with van der Waals surface area (Å²) in [6.45, 7) is 0. The summed E-state index contributed by atoms with van der Waals surface area (Å²) in [5.41, 5.74) is 0.873. The minimum Gasteiger partial charge on any atom is -0.236 e. The highest BCUT2D eigenvalue weighted by atomic mass is 127. The molecule has 0 radical (unpaired) electrons. The Morgan fingerprint density at radius 2 is 2.36 bits per heavy atom. The summed E-state index contributed by atoms with van der Waals surface area (Å²) in [5.74, 6) is 0. The minimum absolute atomic E-state index is 0.873. The second-order valence-electron chi connectivity index (χ2n) is 2.04. The molecule has 0 atom stereocenters. The summed E-state index contributed by atoms with van der Waals surface area (Å²) < 4.78 is 3.63. The number of fused-ring (bicyclic) bond motifs is 1. The van der Waals surface area contributed by atoms with Crippen molar-refractivity contribution in [1.29, 1.82) is 0 Å². The molecule has 0 amide bonds. The van der Waals surface area contributed by atoms with Crippen LogP contribution < -0.4 is 0 Å². The van der Waals surface area contributed by atoms with Gasteiger partial charge in [-0.2, -0.15) is 5.10 Å². The third-order valence-electron chi connectivity index (χ3n) is 1.25. The lowest BCUT2D eigenvalue weighted by Gasteiger charge is -1.90. The average molecular weight is 324 g/mol. The van der Waals surface area contributed by atoms with Gasteiger partial charge in [0.25, 0.3) is 0 Å². The summed E-state index contributed by atoms with van der Waals surface area (Å²) in [7, 11) is 0. The lowest BCUT2D eigenvalue weighted by atomic mass is 10.6. The Bertz CT molecular complexity index is 398. The molecule has 2 rings (SSSR count). The predicted molar refractivity (Wildman–Crippen MR) is 53.4 cm³/mol. The van der Waals surface area contributed by atoms with Crippen molar-refractivity contribution in [2.45, 2.75) is 0 Å². The Hall–Kier alpha value is -0.170. The fraction of sp³-hybridized carbons (Fsp3) is 0. The fourth-order valence-corrected chi connectivity index (χ4v) is 1.63. The van der Waals surface area contributed by atoms with Gasteiger partial charge in [-0.15, -0.1) is 0 Å². The predicted octanol–water partition coefficient (Wildman–Crippen LogP) is 2.10. The van der Waals surface area contributed by atoms with E-state index in [9.17, 15) is 0 Å². The zero-order chi connectivity index (χ0) is 7.84. The first-order chi connectivity index (χ1) is 5.25. The molecule has 0 N–H and O–H groups in total. The first-order valence-electron chi connectivity index (χ1n) is 2.92. The van der Waals surface area contributed by atoms with Crippen LogP contribution in [-0.2, 0) is 0 Å². The molecule has 2 heterocycles.